The maximum Gasteiger partial charge on any atom is 0.126 e. The highest BCUT2D eigenvalue weighted by molar-refractivity contribution is 6.30. The minimum Gasteiger partial charge on any atom is -0.392 e. The molecule has 0 saturated carbocycles. The van der Waals surface area contributed by atoms with E-state index in [9.17, 15) is 9.50 Å². The summed E-state index contributed by atoms with van der Waals surface area (Å²) in [6.45, 7) is 6.06. The van der Waals surface area contributed by atoms with Crippen molar-refractivity contribution >= 4 is 11.6 Å². The summed E-state index contributed by atoms with van der Waals surface area (Å²) in [7, 11) is 0. The van der Waals surface area contributed by atoms with Gasteiger partial charge < -0.3 is 5.11 Å². The number of aliphatic hydroxyl groups excluding tert-OH is 1. The number of hydrogen-bond donors (Lipinski definition) is 1. The van der Waals surface area contributed by atoms with Gasteiger partial charge in [-0.05, 0) is 35.6 Å². The third-order valence-electron chi connectivity index (χ3n) is 3.10. The van der Waals surface area contributed by atoms with E-state index in [4.69, 9.17) is 11.6 Å². The molecule has 90 valence electrons. The molecule has 0 saturated heterocycles. The van der Waals surface area contributed by atoms with Gasteiger partial charge in [0.05, 0.1) is 6.10 Å². The second-order valence-corrected chi connectivity index (χ2v) is 5.05. The zero-order valence-electron chi connectivity index (χ0n) is 9.87. The Morgan fingerprint density at radius 1 is 1.31 bits per heavy atom. The topological polar surface area (TPSA) is 20.2 Å². The van der Waals surface area contributed by atoms with Crippen molar-refractivity contribution in [3.05, 3.63) is 34.6 Å². The van der Waals surface area contributed by atoms with Crippen LogP contribution in [0.1, 0.15) is 26.3 Å². The molecule has 0 aliphatic carbocycles. The molecule has 16 heavy (non-hydrogen) atoms. The van der Waals surface area contributed by atoms with E-state index in [1.165, 1.54) is 12.1 Å². The Bertz CT molecular complexity index is 352. The molecular formula is C13H18ClFO. The highest BCUT2D eigenvalue weighted by Crippen LogP contribution is 2.21. The van der Waals surface area contributed by atoms with Crippen LogP contribution >= 0.6 is 11.6 Å². The molecule has 0 aliphatic rings. The van der Waals surface area contributed by atoms with Crippen molar-refractivity contribution in [2.75, 3.05) is 0 Å². The second-order valence-electron chi connectivity index (χ2n) is 4.61. The van der Waals surface area contributed by atoms with Gasteiger partial charge in [-0.15, -0.1) is 0 Å². The van der Waals surface area contributed by atoms with Crippen molar-refractivity contribution in [3.8, 4) is 0 Å². The molecule has 2 atom stereocenters. The Balaban J connectivity index is 2.76. The van der Waals surface area contributed by atoms with Crippen LogP contribution in [-0.2, 0) is 6.42 Å². The molecular weight excluding hydrogens is 227 g/mol. The van der Waals surface area contributed by atoms with Crippen molar-refractivity contribution in [1.29, 1.82) is 0 Å². The Kier molecular flexibility index (Phi) is 4.75. The molecule has 1 aromatic rings. The van der Waals surface area contributed by atoms with Gasteiger partial charge >= 0.3 is 0 Å². The molecule has 3 heteroatoms. The molecule has 0 amide bonds. The van der Waals surface area contributed by atoms with E-state index < -0.39 is 6.10 Å². The predicted octanol–water partition coefficient (Wildman–Crippen LogP) is 3.67. The van der Waals surface area contributed by atoms with Gasteiger partial charge in [-0.2, -0.15) is 0 Å². The standard InChI is InChI=1S/C13H18ClFO/c1-8(2)9(3)13(16)7-10-6-11(14)4-5-12(10)15/h4-6,8-9,13,16H,7H2,1-3H3. The van der Waals surface area contributed by atoms with E-state index in [-0.39, 0.29) is 11.7 Å². The van der Waals surface area contributed by atoms with Gasteiger partial charge in [-0.3, -0.25) is 0 Å². The zero-order valence-corrected chi connectivity index (χ0v) is 10.6. The number of rotatable bonds is 4. The van der Waals surface area contributed by atoms with Crippen LogP contribution in [0.3, 0.4) is 0 Å². The average Bonchev–Trinajstić information content (AvgIpc) is 2.22. The molecule has 0 fully saturated rings. The van der Waals surface area contributed by atoms with Crippen LogP contribution in [0, 0.1) is 17.7 Å². The molecule has 2 unspecified atom stereocenters. The summed E-state index contributed by atoms with van der Waals surface area (Å²) >= 11 is 5.79. The lowest BCUT2D eigenvalue weighted by molar-refractivity contribution is 0.0913. The summed E-state index contributed by atoms with van der Waals surface area (Å²) in [5.74, 6) is 0.204. The highest BCUT2D eigenvalue weighted by atomic mass is 35.5. The van der Waals surface area contributed by atoms with E-state index in [0.29, 0.717) is 22.9 Å². The SMILES string of the molecule is CC(C)C(C)C(O)Cc1cc(Cl)ccc1F. The summed E-state index contributed by atoms with van der Waals surface area (Å²) in [4.78, 5) is 0. The van der Waals surface area contributed by atoms with Crippen LogP contribution in [0.25, 0.3) is 0 Å². The Labute approximate surface area is 101 Å². The number of aliphatic hydroxyl groups is 1. The summed E-state index contributed by atoms with van der Waals surface area (Å²) in [6, 6.07) is 4.43. The van der Waals surface area contributed by atoms with E-state index in [2.05, 4.69) is 0 Å². The van der Waals surface area contributed by atoms with E-state index in [1.54, 1.807) is 6.07 Å². The average molecular weight is 245 g/mol. The number of benzene rings is 1. The van der Waals surface area contributed by atoms with E-state index in [1.807, 2.05) is 20.8 Å². The first-order valence-electron chi connectivity index (χ1n) is 5.53. The molecule has 0 bridgehead atoms. The quantitative estimate of drug-likeness (QED) is 0.857. The third kappa shape index (κ3) is 3.46. The van der Waals surface area contributed by atoms with Gasteiger partial charge in [-0.25, -0.2) is 4.39 Å². The van der Waals surface area contributed by atoms with Crippen molar-refractivity contribution in [2.24, 2.45) is 11.8 Å². The van der Waals surface area contributed by atoms with Gasteiger partial charge in [0, 0.05) is 11.4 Å². The molecule has 1 nitrogen and oxygen atoms in total. The van der Waals surface area contributed by atoms with Crippen LogP contribution in [0.2, 0.25) is 5.02 Å². The fraction of sp³-hybridized carbons (Fsp3) is 0.538. The Morgan fingerprint density at radius 2 is 1.94 bits per heavy atom. The lowest BCUT2D eigenvalue weighted by Gasteiger charge is -2.22. The predicted molar refractivity (Wildman–Crippen MR) is 65.1 cm³/mol. The van der Waals surface area contributed by atoms with Crippen molar-refractivity contribution in [2.45, 2.75) is 33.3 Å². The number of halogens is 2. The van der Waals surface area contributed by atoms with Crippen LogP contribution in [0.15, 0.2) is 18.2 Å². The minimum atomic E-state index is -0.534. The summed E-state index contributed by atoms with van der Waals surface area (Å²) < 4.78 is 13.4. The van der Waals surface area contributed by atoms with Crippen LogP contribution < -0.4 is 0 Å². The normalized spacial score (nSPS) is 15.2. The third-order valence-corrected chi connectivity index (χ3v) is 3.33. The summed E-state index contributed by atoms with van der Waals surface area (Å²) in [5.41, 5.74) is 0.479. The number of hydrogen-bond acceptors (Lipinski definition) is 1. The zero-order chi connectivity index (χ0) is 12.3. The summed E-state index contributed by atoms with van der Waals surface area (Å²) in [5, 5.41) is 10.4. The van der Waals surface area contributed by atoms with Crippen LogP contribution in [0.4, 0.5) is 4.39 Å². The fourth-order valence-electron chi connectivity index (χ4n) is 1.56. The van der Waals surface area contributed by atoms with Crippen molar-refractivity contribution < 1.29 is 9.50 Å². The largest absolute Gasteiger partial charge is 0.392 e. The molecule has 1 N–H and O–H groups in total. The maximum atomic E-state index is 13.4. The lowest BCUT2D eigenvalue weighted by Crippen LogP contribution is -2.25. The fourth-order valence-corrected chi connectivity index (χ4v) is 1.75. The molecule has 0 heterocycles. The summed E-state index contributed by atoms with van der Waals surface area (Å²) in [6.07, 6.45) is -0.223. The lowest BCUT2D eigenvalue weighted by atomic mass is 9.89. The molecule has 0 aromatic heterocycles. The van der Waals surface area contributed by atoms with Gasteiger partial charge in [0.1, 0.15) is 5.82 Å². The van der Waals surface area contributed by atoms with E-state index >= 15 is 0 Å². The van der Waals surface area contributed by atoms with Crippen molar-refractivity contribution in [1.82, 2.24) is 0 Å². The van der Waals surface area contributed by atoms with Crippen molar-refractivity contribution in [3.63, 3.8) is 0 Å². The smallest absolute Gasteiger partial charge is 0.126 e. The molecule has 0 aliphatic heterocycles. The maximum absolute atomic E-state index is 13.4. The first-order chi connectivity index (χ1) is 7.41. The van der Waals surface area contributed by atoms with Gasteiger partial charge in [0.25, 0.3) is 0 Å². The van der Waals surface area contributed by atoms with Gasteiger partial charge in [-0.1, -0.05) is 32.4 Å². The highest BCUT2D eigenvalue weighted by Gasteiger charge is 2.19. The first kappa shape index (κ1) is 13.5. The first-order valence-corrected chi connectivity index (χ1v) is 5.91. The Hall–Kier alpha value is -0.600. The van der Waals surface area contributed by atoms with Crippen LogP contribution in [-0.4, -0.2) is 11.2 Å². The Morgan fingerprint density at radius 3 is 2.50 bits per heavy atom. The van der Waals surface area contributed by atoms with E-state index in [0.717, 1.165) is 0 Å². The van der Waals surface area contributed by atoms with Crippen LogP contribution in [0.5, 0.6) is 0 Å². The molecule has 1 aromatic carbocycles. The van der Waals surface area contributed by atoms with Gasteiger partial charge in [0.15, 0.2) is 0 Å². The molecule has 0 spiro atoms. The molecule has 1 rings (SSSR count). The minimum absolute atomic E-state index is 0.137. The second kappa shape index (κ2) is 5.65. The molecule has 0 radical (unpaired) electrons. The van der Waals surface area contributed by atoms with Gasteiger partial charge in [0.2, 0.25) is 0 Å². The monoisotopic (exact) mass is 244 g/mol.